The van der Waals surface area contributed by atoms with Crippen LogP contribution in [0.2, 0.25) is 0 Å². The van der Waals surface area contributed by atoms with E-state index in [1.54, 1.807) is 12.4 Å². The van der Waals surface area contributed by atoms with E-state index >= 15 is 0 Å². The van der Waals surface area contributed by atoms with Gasteiger partial charge in [0.15, 0.2) is 5.82 Å². The van der Waals surface area contributed by atoms with Gasteiger partial charge in [0.1, 0.15) is 0 Å². The van der Waals surface area contributed by atoms with E-state index in [9.17, 15) is 4.79 Å². The number of nitrogens with two attached hydrogens (primary N) is 1. The van der Waals surface area contributed by atoms with Crippen LogP contribution in [0, 0.1) is 0 Å². The normalized spacial score (nSPS) is 15.3. The van der Waals surface area contributed by atoms with Crippen molar-refractivity contribution >= 4 is 17.7 Å². The maximum Gasteiger partial charge on any atom is 0.233 e. The lowest BCUT2D eigenvalue weighted by Gasteiger charge is -2.14. The van der Waals surface area contributed by atoms with Crippen LogP contribution in [0.15, 0.2) is 41.3 Å². The molecule has 1 atom stereocenters. The largest absolute Gasteiger partial charge is 0.355 e. The van der Waals surface area contributed by atoms with Gasteiger partial charge in [-0.1, -0.05) is 23.4 Å². The summed E-state index contributed by atoms with van der Waals surface area (Å²) in [5.41, 5.74) is 2.24. The fourth-order valence-corrected chi connectivity index (χ4v) is 3.68. The molecule has 0 spiro atoms. The van der Waals surface area contributed by atoms with Crippen LogP contribution in [0.3, 0.4) is 0 Å². The molecule has 2 heterocycles. The molecule has 0 radical (unpaired) electrons. The van der Waals surface area contributed by atoms with E-state index in [1.807, 2.05) is 19.1 Å². The summed E-state index contributed by atoms with van der Waals surface area (Å²) in [6.07, 6.45) is 11.5. The van der Waals surface area contributed by atoms with Crippen LogP contribution in [-0.2, 0) is 4.79 Å². The minimum atomic E-state index is -0.302. The van der Waals surface area contributed by atoms with Gasteiger partial charge in [-0.15, -0.1) is 10.2 Å². The fourth-order valence-electron chi connectivity index (χ4n) is 2.88. The second-order valence-corrected chi connectivity index (χ2v) is 7.64. The number of hydrogen-bond donors (Lipinski definition) is 2. The van der Waals surface area contributed by atoms with Crippen molar-refractivity contribution in [3.63, 3.8) is 0 Å². The highest BCUT2D eigenvalue weighted by molar-refractivity contribution is 8.00. The Kier molecular flexibility index (Phi) is 6.27. The number of pyridine rings is 1. The van der Waals surface area contributed by atoms with Crippen LogP contribution in [-0.4, -0.2) is 37.6 Å². The van der Waals surface area contributed by atoms with Gasteiger partial charge in [0.05, 0.1) is 5.25 Å². The summed E-state index contributed by atoms with van der Waals surface area (Å²) in [6, 6.07) is 3.68. The van der Waals surface area contributed by atoms with Crippen molar-refractivity contribution in [2.24, 2.45) is 0 Å². The van der Waals surface area contributed by atoms with Gasteiger partial charge in [-0.2, -0.15) is 0 Å². The van der Waals surface area contributed by atoms with Crippen LogP contribution < -0.4 is 11.2 Å². The standard InChI is InChI=1S/C18H24N6OS/c1-13(17(25)21-11-9-14-6-3-2-4-7-14)26-18-23-22-16(24(18)19)15-8-5-10-20-12-15/h5-6,8,10,12-13H,2-4,7,9,11,19H2,1H3,(H,21,25)/t13-/m1/s1. The number of aromatic nitrogens is 4. The van der Waals surface area contributed by atoms with Gasteiger partial charge >= 0.3 is 0 Å². The number of rotatable bonds is 7. The molecule has 1 aliphatic carbocycles. The number of amides is 1. The molecule has 3 rings (SSSR count). The number of carbonyl (C=O) groups is 1. The number of hydrogen-bond acceptors (Lipinski definition) is 6. The molecule has 2 aromatic rings. The van der Waals surface area contributed by atoms with Gasteiger partial charge in [-0.3, -0.25) is 9.78 Å². The highest BCUT2D eigenvalue weighted by Crippen LogP contribution is 2.24. The summed E-state index contributed by atoms with van der Waals surface area (Å²) in [4.78, 5) is 16.4. The van der Waals surface area contributed by atoms with E-state index < -0.39 is 0 Å². The van der Waals surface area contributed by atoms with Crippen molar-refractivity contribution in [2.45, 2.75) is 49.4 Å². The molecule has 26 heavy (non-hydrogen) atoms. The number of nitrogens with one attached hydrogen (secondary N) is 1. The zero-order valence-electron chi connectivity index (χ0n) is 14.9. The third-order valence-electron chi connectivity index (χ3n) is 4.37. The fraction of sp³-hybridized carbons (Fsp3) is 0.444. The Labute approximate surface area is 157 Å². The average Bonchev–Trinajstić information content (AvgIpc) is 3.03. The van der Waals surface area contributed by atoms with E-state index in [0.717, 1.165) is 18.4 Å². The Bertz CT molecular complexity index is 773. The summed E-state index contributed by atoms with van der Waals surface area (Å²) in [6.45, 7) is 2.52. The molecule has 0 bridgehead atoms. The van der Waals surface area contributed by atoms with E-state index in [0.29, 0.717) is 17.5 Å². The molecule has 8 heteroatoms. The molecular formula is C18H24N6OS. The Hall–Kier alpha value is -2.35. The smallest absolute Gasteiger partial charge is 0.233 e. The van der Waals surface area contributed by atoms with E-state index in [4.69, 9.17) is 5.84 Å². The second kappa shape index (κ2) is 8.84. The topological polar surface area (TPSA) is 98.7 Å². The quantitative estimate of drug-likeness (QED) is 0.440. The first-order valence-corrected chi connectivity index (χ1v) is 9.76. The summed E-state index contributed by atoms with van der Waals surface area (Å²) < 4.78 is 1.40. The van der Waals surface area contributed by atoms with Gasteiger partial charge in [0.2, 0.25) is 11.1 Å². The molecule has 0 unspecified atom stereocenters. The molecule has 0 saturated heterocycles. The van der Waals surface area contributed by atoms with Crippen LogP contribution in [0.5, 0.6) is 0 Å². The SMILES string of the molecule is C[C@@H](Sc1nnc(-c2cccnc2)n1N)C(=O)NCCC1=CCCCC1. The Morgan fingerprint density at radius 1 is 1.42 bits per heavy atom. The zero-order valence-corrected chi connectivity index (χ0v) is 15.7. The van der Waals surface area contributed by atoms with E-state index in [-0.39, 0.29) is 11.2 Å². The number of nitrogen functional groups attached to an aromatic ring is 1. The van der Waals surface area contributed by atoms with Gasteiger partial charge in [-0.25, -0.2) is 4.68 Å². The maximum absolute atomic E-state index is 12.3. The molecule has 138 valence electrons. The summed E-state index contributed by atoms with van der Waals surface area (Å²) >= 11 is 1.30. The third-order valence-corrected chi connectivity index (χ3v) is 5.42. The van der Waals surface area contributed by atoms with Crippen molar-refractivity contribution in [3.8, 4) is 11.4 Å². The van der Waals surface area contributed by atoms with Gasteiger partial charge in [0.25, 0.3) is 0 Å². The lowest BCUT2D eigenvalue weighted by atomic mass is 9.97. The predicted octanol–water partition coefficient (Wildman–Crippen LogP) is 2.54. The van der Waals surface area contributed by atoms with Crippen molar-refractivity contribution in [1.29, 1.82) is 0 Å². The molecule has 0 aromatic carbocycles. The summed E-state index contributed by atoms with van der Waals surface area (Å²) in [5.74, 6) is 6.59. The minimum Gasteiger partial charge on any atom is -0.355 e. The number of carbonyl (C=O) groups excluding carboxylic acids is 1. The van der Waals surface area contributed by atoms with Crippen LogP contribution in [0.25, 0.3) is 11.4 Å². The van der Waals surface area contributed by atoms with Gasteiger partial charge in [0, 0.05) is 24.5 Å². The molecule has 0 saturated carbocycles. The summed E-state index contributed by atoms with van der Waals surface area (Å²) in [5, 5.41) is 11.4. The first-order valence-electron chi connectivity index (χ1n) is 8.88. The Morgan fingerprint density at radius 2 is 2.31 bits per heavy atom. The number of thioether (sulfide) groups is 1. The van der Waals surface area contributed by atoms with Gasteiger partial charge in [-0.05, 0) is 51.2 Å². The molecule has 1 aliphatic rings. The second-order valence-electron chi connectivity index (χ2n) is 6.33. The van der Waals surface area contributed by atoms with Gasteiger partial charge < -0.3 is 11.2 Å². The highest BCUT2D eigenvalue weighted by Gasteiger charge is 2.19. The monoisotopic (exact) mass is 372 g/mol. The summed E-state index contributed by atoms with van der Waals surface area (Å²) in [7, 11) is 0. The Morgan fingerprint density at radius 3 is 3.04 bits per heavy atom. The zero-order chi connectivity index (χ0) is 18.4. The number of allylic oxidation sites excluding steroid dienone is 1. The molecular weight excluding hydrogens is 348 g/mol. The molecule has 3 N–H and O–H groups in total. The predicted molar refractivity (Wildman–Crippen MR) is 103 cm³/mol. The van der Waals surface area contributed by atoms with Crippen molar-refractivity contribution < 1.29 is 4.79 Å². The Balaban J connectivity index is 1.52. The van der Waals surface area contributed by atoms with Crippen molar-refractivity contribution in [3.05, 3.63) is 36.2 Å². The molecule has 1 amide bonds. The molecule has 7 nitrogen and oxygen atoms in total. The maximum atomic E-state index is 12.3. The van der Waals surface area contributed by atoms with Crippen LogP contribution >= 0.6 is 11.8 Å². The number of nitrogens with zero attached hydrogens (tertiary/aromatic N) is 4. The lowest BCUT2D eigenvalue weighted by Crippen LogP contribution is -2.32. The average molecular weight is 372 g/mol. The van der Waals surface area contributed by atoms with E-state index in [1.165, 1.54) is 41.3 Å². The highest BCUT2D eigenvalue weighted by atomic mass is 32.2. The first kappa shape index (κ1) is 18.4. The molecule has 2 aromatic heterocycles. The van der Waals surface area contributed by atoms with E-state index in [2.05, 4.69) is 26.6 Å². The molecule has 0 aliphatic heterocycles. The minimum absolute atomic E-state index is 0.0164. The third kappa shape index (κ3) is 4.63. The lowest BCUT2D eigenvalue weighted by molar-refractivity contribution is -0.120. The van der Waals surface area contributed by atoms with Crippen molar-refractivity contribution in [2.75, 3.05) is 12.4 Å². The first-order chi connectivity index (χ1) is 12.6. The van der Waals surface area contributed by atoms with Crippen LogP contribution in [0.1, 0.15) is 39.0 Å². The van der Waals surface area contributed by atoms with Crippen LogP contribution in [0.4, 0.5) is 0 Å². The molecule has 0 fully saturated rings. The van der Waals surface area contributed by atoms with Crippen molar-refractivity contribution in [1.82, 2.24) is 25.2 Å².